The summed E-state index contributed by atoms with van der Waals surface area (Å²) in [5, 5.41) is 3.02. The predicted molar refractivity (Wildman–Crippen MR) is 113 cm³/mol. The molecule has 0 aliphatic carbocycles. The Hall–Kier alpha value is -2.73. The van der Waals surface area contributed by atoms with Crippen molar-refractivity contribution in [2.75, 3.05) is 26.1 Å². The molecule has 0 aliphatic heterocycles. The smallest absolute Gasteiger partial charge is 0.314 e. The third-order valence-electron chi connectivity index (χ3n) is 4.72. The summed E-state index contributed by atoms with van der Waals surface area (Å²) in [4.78, 5) is 25.1. The number of nitrogens with one attached hydrogen (secondary N) is 1. The fourth-order valence-corrected chi connectivity index (χ4v) is 3.19. The largest absolute Gasteiger partial charge is 0.495 e. The Kier molecular flexibility index (Phi) is 8.34. The third-order valence-corrected chi connectivity index (χ3v) is 5.01. The van der Waals surface area contributed by atoms with Crippen molar-refractivity contribution >= 4 is 29.2 Å². The second kappa shape index (κ2) is 10.7. The van der Waals surface area contributed by atoms with Crippen molar-refractivity contribution in [2.45, 2.75) is 26.2 Å². The number of benzene rings is 2. The normalized spacial score (nSPS) is 12.6. The van der Waals surface area contributed by atoms with Crippen LogP contribution in [0.3, 0.4) is 0 Å². The van der Waals surface area contributed by atoms with E-state index < -0.39 is 24.4 Å². The highest BCUT2D eigenvalue weighted by atomic mass is 35.5. The molecule has 0 aromatic heterocycles. The van der Waals surface area contributed by atoms with Crippen molar-refractivity contribution in [1.82, 2.24) is 0 Å². The fourth-order valence-electron chi connectivity index (χ4n) is 2.96. The van der Waals surface area contributed by atoms with Gasteiger partial charge in [0.1, 0.15) is 11.5 Å². The molecule has 2 aromatic carbocycles. The first-order valence-corrected chi connectivity index (χ1v) is 9.72. The Bertz CT molecular complexity index is 841. The zero-order valence-corrected chi connectivity index (χ0v) is 17.8. The molecule has 0 fully saturated rings. The van der Waals surface area contributed by atoms with Gasteiger partial charge in [-0.3, -0.25) is 9.59 Å². The number of ether oxygens (including phenoxy) is 3. The standard InChI is InChI=1S/C22H26ClNO5/c1-5-14(2)21(15-9-7-6-8-10-15)22(26)29-13-20(25)24-17-12-18(27-3)16(23)11-19(17)28-4/h6-12,14,21H,5,13H2,1-4H3,(H,24,25). The Morgan fingerprint density at radius 2 is 1.72 bits per heavy atom. The number of amides is 1. The maximum absolute atomic E-state index is 12.7. The van der Waals surface area contributed by atoms with Crippen LogP contribution < -0.4 is 14.8 Å². The highest BCUT2D eigenvalue weighted by Gasteiger charge is 2.28. The van der Waals surface area contributed by atoms with Gasteiger partial charge in [0.25, 0.3) is 5.91 Å². The van der Waals surface area contributed by atoms with Gasteiger partial charge in [-0.25, -0.2) is 0 Å². The molecule has 6 nitrogen and oxygen atoms in total. The highest BCUT2D eigenvalue weighted by molar-refractivity contribution is 6.32. The van der Waals surface area contributed by atoms with Gasteiger partial charge in [0.05, 0.1) is 30.8 Å². The first-order valence-electron chi connectivity index (χ1n) is 9.34. The van der Waals surface area contributed by atoms with E-state index in [1.165, 1.54) is 20.3 Å². The second-order valence-corrected chi connectivity index (χ2v) is 7.02. The maximum atomic E-state index is 12.7. The molecule has 1 amide bonds. The number of methoxy groups -OCH3 is 2. The summed E-state index contributed by atoms with van der Waals surface area (Å²) in [5.41, 5.74) is 1.24. The van der Waals surface area contributed by atoms with Gasteiger partial charge in [-0.05, 0) is 11.5 Å². The highest BCUT2D eigenvalue weighted by Crippen LogP contribution is 2.36. The van der Waals surface area contributed by atoms with Crippen LogP contribution in [0.25, 0.3) is 0 Å². The number of halogens is 1. The minimum absolute atomic E-state index is 0.0774. The molecule has 0 saturated heterocycles. The first-order chi connectivity index (χ1) is 13.9. The van der Waals surface area contributed by atoms with Crippen LogP contribution in [0, 0.1) is 5.92 Å². The molecule has 0 saturated carbocycles. The summed E-state index contributed by atoms with van der Waals surface area (Å²) < 4.78 is 15.7. The molecule has 2 rings (SSSR count). The van der Waals surface area contributed by atoms with Gasteiger partial charge in [-0.15, -0.1) is 0 Å². The fraction of sp³-hybridized carbons (Fsp3) is 0.364. The molecular weight excluding hydrogens is 394 g/mol. The summed E-state index contributed by atoms with van der Waals surface area (Å²) >= 11 is 6.07. The van der Waals surface area contributed by atoms with Gasteiger partial charge in [-0.2, -0.15) is 0 Å². The van der Waals surface area contributed by atoms with Gasteiger partial charge >= 0.3 is 5.97 Å². The van der Waals surface area contributed by atoms with Gasteiger partial charge in [0.2, 0.25) is 0 Å². The minimum atomic E-state index is -0.489. The number of rotatable bonds is 9. The van der Waals surface area contributed by atoms with Crippen molar-refractivity contribution in [3.63, 3.8) is 0 Å². The number of anilines is 1. The molecule has 29 heavy (non-hydrogen) atoms. The molecule has 7 heteroatoms. The number of carbonyl (C=O) groups is 2. The molecule has 2 atom stereocenters. The molecule has 1 N–H and O–H groups in total. The van der Waals surface area contributed by atoms with Crippen LogP contribution in [0.5, 0.6) is 11.5 Å². The topological polar surface area (TPSA) is 73.9 Å². The van der Waals surface area contributed by atoms with Gasteiger partial charge < -0.3 is 19.5 Å². The van der Waals surface area contributed by atoms with Crippen molar-refractivity contribution in [2.24, 2.45) is 5.92 Å². The molecule has 156 valence electrons. The first kappa shape index (κ1) is 22.6. The van der Waals surface area contributed by atoms with Crippen LogP contribution in [0.15, 0.2) is 42.5 Å². The lowest BCUT2D eigenvalue weighted by atomic mass is 9.86. The van der Waals surface area contributed by atoms with Crippen LogP contribution in [0.4, 0.5) is 5.69 Å². The summed E-state index contributed by atoms with van der Waals surface area (Å²) in [6.07, 6.45) is 0.808. The Morgan fingerprint density at radius 1 is 1.07 bits per heavy atom. The van der Waals surface area contributed by atoms with Crippen LogP contribution in [-0.2, 0) is 14.3 Å². The van der Waals surface area contributed by atoms with E-state index in [1.54, 1.807) is 6.07 Å². The molecule has 0 aliphatic rings. The monoisotopic (exact) mass is 419 g/mol. The van der Waals surface area contributed by atoms with Crippen LogP contribution in [0.2, 0.25) is 5.02 Å². The van der Waals surface area contributed by atoms with E-state index >= 15 is 0 Å². The van der Waals surface area contributed by atoms with E-state index in [-0.39, 0.29) is 5.92 Å². The van der Waals surface area contributed by atoms with E-state index in [0.29, 0.717) is 22.2 Å². The average molecular weight is 420 g/mol. The number of carbonyl (C=O) groups excluding carboxylic acids is 2. The summed E-state index contributed by atoms with van der Waals surface area (Å²) in [7, 11) is 2.93. The van der Waals surface area contributed by atoms with E-state index in [2.05, 4.69) is 5.32 Å². The van der Waals surface area contributed by atoms with Crippen LogP contribution in [0.1, 0.15) is 31.7 Å². The van der Waals surface area contributed by atoms with Crippen molar-refractivity contribution in [3.8, 4) is 11.5 Å². The van der Waals surface area contributed by atoms with Crippen LogP contribution >= 0.6 is 11.6 Å². The van der Waals surface area contributed by atoms with Crippen molar-refractivity contribution in [1.29, 1.82) is 0 Å². The molecule has 2 aromatic rings. The lowest BCUT2D eigenvalue weighted by molar-refractivity contribution is -0.150. The third kappa shape index (κ3) is 5.87. The van der Waals surface area contributed by atoms with Crippen molar-refractivity contribution < 1.29 is 23.8 Å². The predicted octanol–water partition coefficient (Wildman–Crippen LogP) is 4.67. The SMILES string of the molecule is CCC(C)C(C(=O)OCC(=O)Nc1cc(OC)c(Cl)cc1OC)c1ccccc1. The van der Waals surface area contributed by atoms with Gasteiger partial charge in [0.15, 0.2) is 6.61 Å². The molecular formula is C22H26ClNO5. The summed E-state index contributed by atoms with van der Waals surface area (Å²) in [5.74, 6) is -0.510. The Morgan fingerprint density at radius 3 is 2.31 bits per heavy atom. The number of hydrogen-bond donors (Lipinski definition) is 1. The number of esters is 1. The van der Waals surface area contributed by atoms with E-state index in [4.69, 9.17) is 25.8 Å². The lowest BCUT2D eigenvalue weighted by Crippen LogP contribution is -2.27. The number of hydrogen-bond acceptors (Lipinski definition) is 5. The molecule has 0 heterocycles. The maximum Gasteiger partial charge on any atom is 0.314 e. The molecule has 0 spiro atoms. The van der Waals surface area contributed by atoms with Crippen molar-refractivity contribution in [3.05, 3.63) is 53.1 Å². The minimum Gasteiger partial charge on any atom is -0.495 e. The zero-order valence-electron chi connectivity index (χ0n) is 17.0. The lowest BCUT2D eigenvalue weighted by Gasteiger charge is -2.22. The summed E-state index contributed by atoms with van der Waals surface area (Å²) in [6, 6.07) is 12.5. The average Bonchev–Trinajstić information content (AvgIpc) is 2.73. The van der Waals surface area contributed by atoms with Gasteiger partial charge in [0, 0.05) is 12.1 Å². The van der Waals surface area contributed by atoms with E-state index in [1.807, 2.05) is 44.2 Å². The Labute approximate surface area is 176 Å². The van der Waals surface area contributed by atoms with E-state index in [0.717, 1.165) is 12.0 Å². The molecule has 0 bridgehead atoms. The second-order valence-electron chi connectivity index (χ2n) is 6.62. The zero-order chi connectivity index (χ0) is 21.4. The van der Waals surface area contributed by atoms with Crippen LogP contribution in [-0.4, -0.2) is 32.7 Å². The molecule has 0 radical (unpaired) electrons. The van der Waals surface area contributed by atoms with Gasteiger partial charge in [-0.1, -0.05) is 62.2 Å². The quantitative estimate of drug-likeness (QED) is 0.598. The van der Waals surface area contributed by atoms with E-state index in [9.17, 15) is 9.59 Å². The Balaban J connectivity index is 2.07. The molecule has 2 unspecified atom stereocenters. The summed E-state index contributed by atoms with van der Waals surface area (Å²) in [6.45, 7) is 3.59.